The number of rotatable bonds is 4. The Morgan fingerprint density at radius 3 is 2.90 bits per heavy atom. The van der Waals surface area contributed by atoms with Gasteiger partial charge in [-0.25, -0.2) is 0 Å². The van der Waals surface area contributed by atoms with E-state index in [1.807, 2.05) is 12.1 Å². The second-order valence-corrected chi connectivity index (χ2v) is 5.52. The lowest BCUT2D eigenvalue weighted by atomic mass is 10.2. The van der Waals surface area contributed by atoms with Crippen molar-refractivity contribution in [2.45, 2.75) is 17.6 Å². The van der Waals surface area contributed by atoms with Gasteiger partial charge in [0.25, 0.3) is 5.89 Å². The number of thioether (sulfide) groups is 1. The van der Waals surface area contributed by atoms with Crippen molar-refractivity contribution in [1.82, 2.24) is 15.1 Å². The van der Waals surface area contributed by atoms with E-state index in [2.05, 4.69) is 34.2 Å². The molecule has 0 saturated carbocycles. The quantitative estimate of drug-likeness (QED) is 0.744. The van der Waals surface area contributed by atoms with Gasteiger partial charge in [0.1, 0.15) is 5.75 Å². The maximum atomic E-state index is 9.41. The molecule has 0 aliphatic rings. The summed E-state index contributed by atoms with van der Waals surface area (Å²) in [6, 6.07) is 9.71. The SMILES string of the molecule is Cc1ccccc1SCc1noc(-c2cncc(O)c2)n1. The molecule has 0 atom stereocenters. The van der Waals surface area contributed by atoms with Gasteiger partial charge in [-0.05, 0) is 24.6 Å². The Balaban J connectivity index is 1.72. The zero-order chi connectivity index (χ0) is 14.7. The molecule has 0 spiro atoms. The fourth-order valence-corrected chi connectivity index (χ4v) is 2.71. The number of pyridine rings is 1. The van der Waals surface area contributed by atoms with Gasteiger partial charge in [0, 0.05) is 11.1 Å². The molecule has 0 saturated heterocycles. The molecule has 0 amide bonds. The van der Waals surface area contributed by atoms with E-state index in [0.717, 1.165) is 0 Å². The topological polar surface area (TPSA) is 72.0 Å². The number of aryl methyl sites for hydroxylation is 1. The molecule has 0 aliphatic heterocycles. The predicted octanol–water partition coefficient (Wildman–Crippen LogP) is 3.44. The van der Waals surface area contributed by atoms with E-state index in [-0.39, 0.29) is 5.75 Å². The lowest BCUT2D eigenvalue weighted by molar-refractivity contribution is 0.424. The molecule has 21 heavy (non-hydrogen) atoms. The molecule has 106 valence electrons. The van der Waals surface area contributed by atoms with Gasteiger partial charge in [-0.1, -0.05) is 23.4 Å². The summed E-state index contributed by atoms with van der Waals surface area (Å²) in [5.41, 5.74) is 1.83. The normalized spacial score (nSPS) is 10.7. The molecule has 1 N–H and O–H groups in total. The molecular formula is C15H13N3O2S. The van der Waals surface area contributed by atoms with Crippen LogP contribution in [0.3, 0.4) is 0 Å². The molecule has 6 heteroatoms. The van der Waals surface area contributed by atoms with Crippen LogP contribution >= 0.6 is 11.8 Å². The van der Waals surface area contributed by atoms with Gasteiger partial charge < -0.3 is 9.63 Å². The minimum atomic E-state index is 0.0709. The summed E-state index contributed by atoms with van der Waals surface area (Å²) in [4.78, 5) is 9.41. The standard InChI is InChI=1S/C15H13N3O2S/c1-10-4-2-3-5-13(10)21-9-14-17-15(20-18-14)11-6-12(19)8-16-7-11/h2-8,19H,9H2,1H3. The summed E-state index contributed by atoms with van der Waals surface area (Å²) in [5, 5.41) is 13.4. The molecule has 5 nitrogen and oxygen atoms in total. The fraction of sp³-hybridized carbons (Fsp3) is 0.133. The van der Waals surface area contributed by atoms with Gasteiger partial charge in [0.2, 0.25) is 0 Å². The summed E-state index contributed by atoms with van der Waals surface area (Å²) in [5.74, 6) is 1.67. The van der Waals surface area contributed by atoms with Crippen LogP contribution in [0.25, 0.3) is 11.5 Å². The lowest BCUT2D eigenvalue weighted by Gasteiger charge is -2.01. The van der Waals surface area contributed by atoms with Crippen LogP contribution in [0.15, 0.2) is 52.1 Å². The second kappa shape index (κ2) is 5.97. The number of benzene rings is 1. The van der Waals surface area contributed by atoms with Crippen LogP contribution in [0.5, 0.6) is 5.75 Å². The van der Waals surface area contributed by atoms with Crippen LogP contribution in [0.2, 0.25) is 0 Å². The number of hydrogen-bond acceptors (Lipinski definition) is 6. The van der Waals surface area contributed by atoms with Crippen LogP contribution in [-0.4, -0.2) is 20.2 Å². The van der Waals surface area contributed by atoms with Crippen molar-refractivity contribution in [2.24, 2.45) is 0 Å². The highest BCUT2D eigenvalue weighted by Crippen LogP contribution is 2.26. The summed E-state index contributed by atoms with van der Waals surface area (Å²) in [6.07, 6.45) is 2.93. The predicted molar refractivity (Wildman–Crippen MR) is 79.9 cm³/mol. The first-order valence-corrected chi connectivity index (χ1v) is 7.36. The van der Waals surface area contributed by atoms with E-state index >= 15 is 0 Å². The van der Waals surface area contributed by atoms with Crippen LogP contribution < -0.4 is 0 Å². The first-order valence-electron chi connectivity index (χ1n) is 6.38. The Morgan fingerprint density at radius 1 is 1.24 bits per heavy atom. The van der Waals surface area contributed by atoms with E-state index in [1.165, 1.54) is 16.7 Å². The number of aromatic hydroxyl groups is 1. The molecular weight excluding hydrogens is 286 g/mol. The van der Waals surface area contributed by atoms with Crippen LogP contribution in [-0.2, 0) is 5.75 Å². The van der Waals surface area contributed by atoms with E-state index in [9.17, 15) is 5.11 Å². The Bertz CT molecular complexity index is 758. The van der Waals surface area contributed by atoms with Gasteiger partial charge in [-0.15, -0.1) is 11.8 Å². The molecule has 3 aromatic rings. The van der Waals surface area contributed by atoms with E-state index in [4.69, 9.17) is 4.52 Å². The average molecular weight is 299 g/mol. The molecule has 0 unspecified atom stereocenters. The molecule has 2 heterocycles. The smallest absolute Gasteiger partial charge is 0.259 e. The van der Waals surface area contributed by atoms with Gasteiger partial charge in [0.05, 0.1) is 17.5 Å². The van der Waals surface area contributed by atoms with Crippen LogP contribution in [0.1, 0.15) is 11.4 Å². The Labute approximate surface area is 126 Å². The molecule has 1 aromatic carbocycles. The molecule has 2 aromatic heterocycles. The van der Waals surface area contributed by atoms with Gasteiger partial charge in [0.15, 0.2) is 5.82 Å². The van der Waals surface area contributed by atoms with Crippen molar-refractivity contribution >= 4 is 11.8 Å². The van der Waals surface area contributed by atoms with Gasteiger partial charge in [-0.3, -0.25) is 4.98 Å². The van der Waals surface area contributed by atoms with E-state index in [0.29, 0.717) is 23.0 Å². The lowest BCUT2D eigenvalue weighted by Crippen LogP contribution is -1.86. The maximum Gasteiger partial charge on any atom is 0.259 e. The monoisotopic (exact) mass is 299 g/mol. The Kier molecular flexibility index (Phi) is 3.87. The summed E-state index contributed by atoms with van der Waals surface area (Å²) in [7, 11) is 0. The van der Waals surface area contributed by atoms with Crippen molar-refractivity contribution in [1.29, 1.82) is 0 Å². The van der Waals surface area contributed by atoms with Crippen molar-refractivity contribution in [3.63, 3.8) is 0 Å². The zero-order valence-electron chi connectivity index (χ0n) is 11.4. The van der Waals surface area contributed by atoms with Crippen LogP contribution in [0.4, 0.5) is 0 Å². The zero-order valence-corrected chi connectivity index (χ0v) is 12.2. The molecule has 0 fully saturated rings. The summed E-state index contributed by atoms with van der Waals surface area (Å²) < 4.78 is 5.20. The second-order valence-electron chi connectivity index (χ2n) is 4.50. The van der Waals surface area contributed by atoms with Gasteiger partial charge in [-0.2, -0.15) is 4.98 Å². The minimum Gasteiger partial charge on any atom is -0.506 e. The van der Waals surface area contributed by atoms with Crippen molar-refractivity contribution < 1.29 is 9.63 Å². The summed E-state index contributed by atoms with van der Waals surface area (Å²) in [6.45, 7) is 2.07. The third-order valence-corrected chi connectivity index (χ3v) is 4.06. The fourth-order valence-electron chi connectivity index (χ4n) is 1.84. The van der Waals surface area contributed by atoms with Crippen molar-refractivity contribution in [3.8, 4) is 17.2 Å². The largest absolute Gasteiger partial charge is 0.506 e. The third-order valence-electron chi connectivity index (χ3n) is 2.89. The number of nitrogens with zero attached hydrogens (tertiary/aromatic N) is 3. The third kappa shape index (κ3) is 3.22. The summed E-state index contributed by atoms with van der Waals surface area (Å²) >= 11 is 1.66. The van der Waals surface area contributed by atoms with Crippen molar-refractivity contribution in [3.05, 3.63) is 54.1 Å². The van der Waals surface area contributed by atoms with Crippen LogP contribution in [0, 0.1) is 6.92 Å². The highest BCUT2D eigenvalue weighted by atomic mass is 32.2. The Morgan fingerprint density at radius 2 is 2.10 bits per heavy atom. The minimum absolute atomic E-state index is 0.0709. The van der Waals surface area contributed by atoms with E-state index < -0.39 is 0 Å². The highest BCUT2D eigenvalue weighted by molar-refractivity contribution is 7.98. The molecule has 3 rings (SSSR count). The van der Waals surface area contributed by atoms with Gasteiger partial charge >= 0.3 is 0 Å². The highest BCUT2D eigenvalue weighted by Gasteiger charge is 2.10. The number of hydrogen-bond donors (Lipinski definition) is 1. The number of aromatic nitrogens is 3. The van der Waals surface area contributed by atoms with E-state index in [1.54, 1.807) is 24.0 Å². The Hall–Kier alpha value is -2.34. The molecule has 0 radical (unpaired) electrons. The first-order chi connectivity index (χ1) is 10.2. The van der Waals surface area contributed by atoms with Crippen molar-refractivity contribution in [2.75, 3.05) is 0 Å². The first kappa shape index (κ1) is 13.6. The molecule has 0 aliphatic carbocycles. The molecule has 0 bridgehead atoms. The maximum absolute atomic E-state index is 9.41. The average Bonchev–Trinajstić information content (AvgIpc) is 2.95.